The van der Waals surface area contributed by atoms with Crippen LogP contribution in [0.25, 0.3) is 6.08 Å². The average molecular weight is 236 g/mol. The summed E-state index contributed by atoms with van der Waals surface area (Å²) in [5, 5.41) is 0. The Morgan fingerprint density at radius 1 is 1.41 bits per heavy atom. The van der Waals surface area contributed by atoms with Crippen LogP contribution in [-0.2, 0) is 9.53 Å². The Morgan fingerprint density at radius 2 is 2.00 bits per heavy atom. The predicted octanol–water partition coefficient (Wildman–Crippen LogP) is 1.84. The van der Waals surface area contributed by atoms with Gasteiger partial charge in [0.05, 0.1) is 12.4 Å². The molecule has 1 aromatic heterocycles. The van der Waals surface area contributed by atoms with E-state index in [1.54, 1.807) is 20.8 Å². The topological polar surface area (TPSA) is 61.3 Å². The van der Waals surface area contributed by atoms with E-state index in [0.29, 0.717) is 11.6 Å². The quantitative estimate of drug-likeness (QED) is 0.746. The van der Waals surface area contributed by atoms with E-state index in [2.05, 4.69) is 16.5 Å². The van der Waals surface area contributed by atoms with Gasteiger partial charge in [-0.3, -0.25) is 0 Å². The van der Waals surface area contributed by atoms with Crippen molar-refractivity contribution in [1.82, 2.24) is 9.97 Å². The molecule has 0 aliphatic heterocycles. The van der Waals surface area contributed by atoms with Gasteiger partial charge in [0.1, 0.15) is 5.60 Å². The van der Waals surface area contributed by atoms with Crippen LogP contribution >= 0.6 is 0 Å². The Balaban J connectivity index is 2.44. The van der Waals surface area contributed by atoms with Crippen molar-refractivity contribution >= 4 is 12.0 Å². The van der Waals surface area contributed by atoms with Gasteiger partial charge in [-0.25, -0.2) is 14.8 Å². The Kier molecular flexibility index (Phi) is 4.20. The summed E-state index contributed by atoms with van der Waals surface area (Å²) < 4.78 is 10.3. The predicted molar refractivity (Wildman–Crippen MR) is 63.5 cm³/mol. The molecule has 0 aromatic carbocycles. The van der Waals surface area contributed by atoms with Crippen molar-refractivity contribution in [2.45, 2.75) is 26.4 Å². The molecule has 0 saturated carbocycles. The summed E-state index contributed by atoms with van der Waals surface area (Å²) in [7, 11) is 0. The van der Waals surface area contributed by atoms with E-state index in [0.717, 1.165) is 0 Å². The van der Waals surface area contributed by atoms with Gasteiger partial charge in [0.2, 0.25) is 0 Å². The first kappa shape index (κ1) is 13.2. The van der Waals surface area contributed by atoms with Crippen molar-refractivity contribution in [3.63, 3.8) is 0 Å². The van der Waals surface area contributed by atoms with Crippen LogP contribution in [0.15, 0.2) is 19.0 Å². The Bertz CT molecular complexity index is 393. The van der Waals surface area contributed by atoms with Crippen LogP contribution in [0.1, 0.15) is 26.6 Å². The Hall–Kier alpha value is -1.91. The molecule has 0 spiro atoms. The number of carbonyl (C=O) groups is 1. The monoisotopic (exact) mass is 236 g/mol. The highest BCUT2D eigenvalue weighted by molar-refractivity contribution is 5.71. The van der Waals surface area contributed by atoms with E-state index < -0.39 is 11.6 Å². The minimum Gasteiger partial charge on any atom is -0.479 e. The van der Waals surface area contributed by atoms with Crippen molar-refractivity contribution in [3.05, 3.63) is 24.8 Å². The third-order valence-electron chi connectivity index (χ3n) is 1.61. The summed E-state index contributed by atoms with van der Waals surface area (Å²) in [6.07, 6.45) is 4.49. The number of ether oxygens (including phenoxy) is 2. The van der Waals surface area contributed by atoms with E-state index in [4.69, 9.17) is 9.47 Å². The van der Waals surface area contributed by atoms with Crippen LogP contribution in [0.3, 0.4) is 0 Å². The molecule has 17 heavy (non-hydrogen) atoms. The van der Waals surface area contributed by atoms with Crippen LogP contribution in [0.2, 0.25) is 0 Å². The maximum atomic E-state index is 11.4. The molecule has 0 saturated heterocycles. The van der Waals surface area contributed by atoms with Crippen LogP contribution < -0.4 is 4.74 Å². The van der Waals surface area contributed by atoms with Crippen LogP contribution in [0.4, 0.5) is 0 Å². The maximum Gasteiger partial charge on any atom is 0.344 e. The van der Waals surface area contributed by atoms with E-state index in [1.165, 1.54) is 18.5 Å². The summed E-state index contributed by atoms with van der Waals surface area (Å²) in [6.45, 7) is 8.77. The van der Waals surface area contributed by atoms with Gasteiger partial charge in [-0.2, -0.15) is 0 Å². The number of hydrogen-bond acceptors (Lipinski definition) is 5. The summed E-state index contributed by atoms with van der Waals surface area (Å²) >= 11 is 0. The normalized spacial score (nSPS) is 10.8. The van der Waals surface area contributed by atoms with Gasteiger partial charge in [0.25, 0.3) is 0 Å². The Labute approximate surface area is 100 Å². The number of aromatic nitrogens is 2. The zero-order chi connectivity index (χ0) is 12.9. The molecule has 0 fully saturated rings. The Morgan fingerprint density at radius 3 is 2.47 bits per heavy atom. The van der Waals surface area contributed by atoms with Gasteiger partial charge in [0, 0.05) is 0 Å². The molecule has 1 aromatic rings. The molecule has 5 heteroatoms. The third kappa shape index (κ3) is 5.10. The zero-order valence-corrected chi connectivity index (χ0v) is 10.3. The molecule has 0 aliphatic carbocycles. The number of carbonyl (C=O) groups excluding carboxylic acids is 1. The molecule has 5 nitrogen and oxygen atoms in total. The smallest absolute Gasteiger partial charge is 0.344 e. The number of hydrogen-bond donors (Lipinski definition) is 0. The number of esters is 1. The molecule has 1 heterocycles. The lowest BCUT2D eigenvalue weighted by molar-refractivity contribution is -0.157. The van der Waals surface area contributed by atoms with E-state index in [1.807, 2.05) is 0 Å². The van der Waals surface area contributed by atoms with E-state index >= 15 is 0 Å². The van der Waals surface area contributed by atoms with Gasteiger partial charge < -0.3 is 9.47 Å². The molecular weight excluding hydrogens is 220 g/mol. The summed E-state index contributed by atoms with van der Waals surface area (Å²) in [4.78, 5) is 19.2. The fourth-order valence-corrected chi connectivity index (χ4v) is 1.02. The second kappa shape index (κ2) is 5.43. The molecule has 0 aliphatic rings. The third-order valence-corrected chi connectivity index (χ3v) is 1.61. The second-order valence-corrected chi connectivity index (χ2v) is 4.36. The van der Waals surface area contributed by atoms with Gasteiger partial charge >= 0.3 is 5.97 Å². The van der Waals surface area contributed by atoms with Gasteiger partial charge in [0.15, 0.2) is 18.2 Å². The molecule has 0 radical (unpaired) electrons. The molecule has 1 rings (SSSR count). The first-order valence-corrected chi connectivity index (χ1v) is 5.20. The summed E-state index contributed by atoms with van der Waals surface area (Å²) in [6, 6.07) is 0. The number of nitrogens with zero attached hydrogens (tertiary/aromatic N) is 2. The molecule has 0 amide bonds. The van der Waals surface area contributed by atoms with Crippen molar-refractivity contribution < 1.29 is 14.3 Å². The largest absolute Gasteiger partial charge is 0.479 e. The van der Waals surface area contributed by atoms with Crippen LogP contribution in [0, 0.1) is 0 Å². The number of rotatable bonds is 4. The molecule has 0 bridgehead atoms. The van der Waals surface area contributed by atoms with Crippen molar-refractivity contribution in [3.8, 4) is 5.75 Å². The van der Waals surface area contributed by atoms with Gasteiger partial charge in [-0.1, -0.05) is 6.58 Å². The maximum absolute atomic E-state index is 11.4. The first-order chi connectivity index (χ1) is 7.90. The van der Waals surface area contributed by atoms with Gasteiger partial charge in [-0.05, 0) is 26.8 Å². The van der Waals surface area contributed by atoms with Crippen molar-refractivity contribution in [2.75, 3.05) is 6.61 Å². The van der Waals surface area contributed by atoms with Crippen LogP contribution in [-0.4, -0.2) is 28.1 Å². The lowest BCUT2D eigenvalue weighted by atomic mass is 10.2. The van der Waals surface area contributed by atoms with Crippen molar-refractivity contribution in [2.24, 2.45) is 0 Å². The molecule has 0 atom stereocenters. The summed E-state index contributed by atoms with van der Waals surface area (Å²) in [5.74, 6) is 0.501. The first-order valence-electron chi connectivity index (χ1n) is 5.20. The fraction of sp³-hybridized carbons (Fsp3) is 0.417. The van der Waals surface area contributed by atoms with E-state index in [-0.39, 0.29) is 6.61 Å². The van der Waals surface area contributed by atoms with Crippen LogP contribution in [0.5, 0.6) is 5.75 Å². The zero-order valence-electron chi connectivity index (χ0n) is 10.3. The minimum atomic E-state index is -0.510. The van der Waals surface area contributed by atoms with Crippen molar-refractivity contribution in [1.29, 1.82) is 0 Å². The highest BCUT2D eigenvalue weighted by Gasteiger charge is 2.16. The average Bonchev–Trinajstić information content (AvgIpc) is 2.25. The highest BCUT2D eigenvalue weighted by Crippen LogP contribution is 2.09. The molecular formula is C12H16N2O3. The highest BCUT2D eigenvalue weighted by atomic mass is 16.6. The lowest BCUT2D eigenvalue weighted by Gasteiger charge is -2.19. The standard InChI is InChI=1S/C12H16N2O3/c1-5-10-13-6-9(7-14-10)16-8-11(15)17-12(2,3)4/h5-7H,1,8H2,2-4H3. The SMILES string of the molecule is C=Cc1ncc(OCC(=O)OC(C)(C)C)cn1. The molecule has 92 valence electrons. The fourth-order valence-electron chi connectivity index (χ4n) is 1.02. The van der Waals surface area contributed by atoms with E-state index in [9.17, 15) is 4.79 Å². The van der Waals surface area contributed by atoms with Gasteiger partial charge in [-0.15, -0.1) is 0 Å². The second-order valence-electron chi connectivity index (χ2n) is 4.36. The molecule has 0 unspecified atom stereocenters. The molecule has 0 N–H and O–H groups in total. The lowest BCUT2D eigenvalue weighted by Crippen LogP contribution is -2.27. The summed E-state index contributed by atoms with van der Waals surface area (Å²) in [5.41, 5.74) is -0.510. The minimum absolute atomic E-state index is 0.159.